The molecule has 0 radical (unpaired) electrons. The summed E-state index contributed by atoms with van der Waals surface area (Å²) < 4.78 is 6.66. The minimum atomic E-state index is -0.577. The molecular weight excluding hydrogens is 807 g/mol. The summed E-state index contributed by atoms with van der Waals surface area (Å²) in [5.74, 6) is 2.54. The van der Waals surface area contributed by atoms with E-state index in [1.165, 1.54) is 27.8 Å². The van der Waals surface area contributed by atoms with Crippen LogP contribution in [0.15, 0.2) is 224 Å². The van der Waals surface area contributed by atoms with Crippen LogP contribution in [0.25, 0.3) is 95.2 Å². The molecule has 66 heavy (non-hydrogen) atoms. The van der Waals surface area contributed by atoms with Crippen LogP contribution >= 0.6 is 0 Å². The highest BCUT2D eigenvalue weighted by Gasteiger charge is 2.46. The summed E-state index contributed by atoms with van der Waals surface area (Å²) in [5, 5.41) is 2.28. The van der Waals surface area contributed by atoms with E-state index in [1.807, 2.05) is 6.07 Å². The number of aromatic nitrogens is 7. The molecule has 0 spiro atoms. The Bertz CT molecular complexity index is 3980. The SMILES string of the molecule is c1ccc(C2(c3cccc(-c4nc(-c5cccc(-n6c7ccccc7n7c8ccccc8nc67)c5)nc(-n5c6ccccc6c6ccccc65)n4)c3)c3ccccc3-c3ccccc32)cc1. The number of para-hydroxylation sites is 6. The number of imidazole rings is 2. The van der Waals surface area contributed by atoms with E-state index in [0.29, 0.717) is 17.6 Å². The smallest absolute Gasteiger partial charge is 0.238 e. The third kappa shape index (κ3) is 5.13. The summed E-state index contributed by atoms with van der Waals surface area (Å²) in [5.41, 5.74) is 15.7. The first-order chi connectivity index (χ1) is 32.7. The second kappa shape index (κ2) is 14.0. The Morgan fingerprint density at radius 3 is 1.58 bits per heavy atom. The normalized spacial score (nSPS) is 13.0. The molecule has 0 bridgehead atoms. The Morgan fingerprint density at radius 2 is 0.879 bits per heavy atom. The van der Waals surface area contributed by atoms with E-state index in [4.69, 9.17) is 19.9 Å². The van der Waals surface area contributed by atoms with Crippen molar-refractivity contribution >= 4 is 49.7 Å². The van der Waals surface area contributed by atoms with Crippen molar-refractivity contribution in [2.45, 2.75) is 5.41 Å². The molecule has 14 rings (SSSR count). The molecule has 9 aromatic carbocycles. The van der Waals surface area contributed by atoms with E-state index in [0.717, 1.165) is 72.0 Å². The maximum absolute atomic E-state index is 5.42. The van der Waals surface area contributed by atoms with Crippen molar-refractivity contribution in [3.8, 4) is 45.5 Å². The van der Waals surface area contributed by atoms with Gasteiger partial charge >= 0.3 is 0 Å². The van der Waals surface area contributed by atoms with Crippen molar-refractivity contribution in [3.63, 3.8) is 0 Å². The molecule has 1 aliphatic rings. The number of fused-ring (bicyclic) bond motifs is 11. The zero-order valence-corrected chi connectivity index (χ0v) is 35.5. The van der Waals surface area contributed by atoms with E-state index in [9.17, 15) is 0 Å². The Hall–Kier alpha value is -8.94. The van der Waals surface area contributed by atoms with E-state index in [1.54, 1.807) is 0 Å². The lowest BCUT2D eigenvalue weighted by Crippen LogP contribution is -2.28. The standard InChI is InChI=1S/C59H37N7/c1-2-20-40(21-3-1)59(47-28-8-4-24-43(47)44-25-5-9-29-48(44)59)41-22-16-18-38(36-41)55-61-56(63-57(62-55)65-50-31-11-6-26-45(50)46-27-7-12-32-51(46)65)39-19-17-23-42(37-39)64-53-34-14-15-35-54(53)66-52-33-13-10-30-49(52)60-58(64)66/h1-37H. The third-order valence-corrected chi connectivity index (χ3v) is 13.6. The summed E-state index contributed by atoms with van der Waals surface area (Å²) in [6.45, 7) is 0. The van der Waals surface area contributed by atoms with Crippen LogP contribution in [0.2, 0.25) is 0 Å². The molecule has 7 heteroatoms. The maximum Gasteiger partial charge on any atom is 0.238 e. The number of hydrogen-bond acceptors (Lipinski definition) is 4. The zero-order chi connectivity index (χ0) is 43.3. The van der Waals surface area contributed by atoms with E-state index in [2.05, 4.69) is 232 Å². The topological polar surface area (TPSA) is 65.8 Å². The average Bonchev–Trinajstić information content (AvgIpc) is 4.12. The summed E-state index contributed by atoms with van der Waals surface area (Å²) >= 11 is 0. The van der Waals surface area contributed by atoms with Gasteiger partial charge in [0.05, 0.1) is 38.5 Å². The number of rotatable bonds is 6. The summed E-state index contributed by atoms with van der Waals surface area (Å²) in [6, 6.07) is 79.7. The van der Waals surface area contributed by atoms with Crippen molar-refractivity contribution < 1.29 is 0 Å². The molecule has 0 unspecified atom stereocenters. The van der Waals surface area contributed by atoms with Crippen LogP contribution < -0.4 is 0 Å². The van der Waals surface area contributed by atoms with Gasteiger partial charge in [0.2, 0.25) is 11.7 Å². The van der Waals surface area contributed by atoms with Gasteiger partial charge in [0.1, 0.15) is 0 Å². The highest BCUT2D eigenvalue weighted by molar-refractivity contribution is 6.09. The molecule has 0 saturated carbocycles. The van der Waals surface area contributed by atoms with Gasteiger partial charge in [-0.2, -0.15) is 9.97 Å². The maximum atomic E-state index is 5.42. The van der Waals surface area contributed by atoms with E-state index < -0.39 is 5.41 Å². The predicted octanol–water partition coefficient (Wildman–Crippen LogP) is 13.4. The Balaban J connectivity index is 1.02. The first-order valence-electron chi connectivity index (χ1n) is 22.3. The predicted molar refractivity (Wildman–Crippen MR) is 265 cm³/mol. The quantitative estimate of drug-likeness (QED) is 0.167. The lowest BCUT2D eigenvalue weighted by atomic mass is 9.67. The number of benzene rings is 9. The molecule has 0 saturated heterocycles. The molecule has 13 aromatic rings. The van der Waals surface area contributed by atoms with Crippen molar-refractivity contribution in [3.05, 3.63) is 247 Å². The lowest BCUT2D eigenvalue weighted by Gasteiger charge is -2.34. The molecule has 0 N–H and O–H groups in total. The molecule has 0 aliphatic heterocycles. The van der Waals surface area contributed by atoms with Crippen LogP contribution in [0.3, 0.4) is 0 Å². The Kier molecular flexibility index (Phi) is 7.77. The number of hydrogen-bond donors (Lipinski definition) is 0. The van der Waals surface area contributed by atoms with Crippen LogP contribution in [-0.2, 0) is 5.41 Å². The molecule has 4 heterocycles. The molecule has 0 atom stereocenters. The minimum absolute atomic E-state index is 0.547. The molecule has 0 amide bonds. The van der Waals surface area contributed by atoms with Gasteiger partial charge in [-0.05, 0) is 88.0 Å². The van der Waals surface area contributed by atoms with Crippen molar-refractivity contribution in [1.29, 1.82) is 0 Å². The second-order valence-electron chi connectivity index (χ2n) is 17.1. The van der Waals surface area contributed by atoms with Crippen LogP contribution in [0.5, 0.6) is 0 Å². The third-order valence-electron chi connectivity index (χ3n) is 13.6. The minimum Gasteiger partial charge on any atom is -0.278 e. The van der Waals surface area contributed by atoms with Gasteiger partial charge < -0.3 is 0 Å². The largest absolute Gasteiger partial charge is 0.278 e. The van der Waals surface area contributed by atoms with Crippen molar-refractivity contribution in [2.24, 2.45) is 0 Å². The molecule has 7 nitrogen and oxygen atoms in total. The number of nitrogens with zero attached hydrogens (tertiary/aromatic N) is 7. The molecular formula is C59H37N7. The zero-order valence-electron chi connectivity index (χ0n) is 35.5. The van der Waals surface area contributed by atoms with Crippen LogP contribution in [0.1, 0.15) is 22.3 Å². The van der Waals surface area contributed by atoms with Gasteiger partial charge in [0.15, 0.2) is 11.6 Å². The van der Waals surface area contributed by atoms with Gasteiger partial charge in [0.25, 0.3) is 0 Å². The molecule has 308 valence electrons. The summed E-state index contributed by atoms with van der Waals surface area (Å²) in [4.78, 5) is 21.4. The monoisotopic (exact) mass is 843 g/mol. The highest BCUT2D eigenvalue weighted by atomic mass is 15.2. The van der Waals surface area contributed by atoms with Gasteiger partial charge in [-0.1, -0.05) is 170 Å². The van der Waals surface area contributed by atoms with Crippen LogP contribution in [-0.4, -0.2) is 33.5 Å². The van der Waals surface area contributed by atoms with Crippen LogP contribution in [0.4, 0.5) is 0 Å². The highest BCUT2D eigenvalue weighted by Crippen LogP contribution is 2.56. The fraction of sp³-hybridized carbons (Fsp3) is 0.0169. The molecule has 4 aromatic heterocycles. The second-order valence-corrected chi connectivity index (χ2v) is 17.1. The molecule has 1 aliphatic carbocycles. The fourth-order valence-corrected chi connectivity index (χ4v) is 10.9. The lowest BCUT2D eigenvalue weighted by molar-refractivity contribution is 0.768. The summed E-state index contributed by atoms with van der Waals surface area (Å²) in [7, 11) is 0. The first-order valence-corrected chi connectivity index (χ1v) is 22.3. The first kappa shape index (κ1) is 36.5. The van der Waals surface area contributed by atoms with Gasteiger partial charge in [0, 0.05) is 27.6 Å². The van der Waals surface area contributed by atoms with E-state index in [-0.39, 0.29) is 0 Å². The molecule has 0 fully saturated rings. The van der Waals surface area contributed by atoms with Gasteiger partial charge in [-0.25, -0.2) is 9.97 Å². The summed E-state index contributed by atoms with van der Waals surface area (Å²) in [6.07, 6.45) is 0. The van der Waals surface area contributed by atoms with Gasteiger partial charge in [-0.3, -0.25) is 13.5 Å². The Labute approximate surface area is 379 Å². The van der Waals surface area contributed by atoms with Gasteiger partial charge in [-0.15, -0.1) is 0 Å². The Morgan fingerprint density at radius 1 is 0.348 bits per heavy atom. The van der Waals surface area contributed by atoms with Crippen molar-refractivity contribution in [2.75, 3.05) is 0 Å². The van der Waals surface area contributed by atoms with Crippen molar-refractivity contribution in [1.82, 2.24) is 33.5 Å². The van der Waals surface area contributed by atoms with Crippen LogP contribution in [0, 0.1) is 0 Å². The fourth-order valence-electron chi connectivity index (χ4n) is 10.9. The van der Waals surface area contributed by atoms with E-state index >= 15 is 0 Å². The average molecular weight is 844 g/mol.